The molecule has 2 aromatic heterocycles. The first-order valence-corrected chi connectivity index (χ1v) is 15.7. The summed E-state index contributed by atoms with van der Waals surface area (Å²) in [4.78, 5) is 14.6. The van der Waals surface area contributed by atoms with Gasteiger partial charge in [0.1, 0.15) is 10.0 Å². The molecule has 2 fully saturated rings. The van der Waals surface area contributed by atoms with Crippen LogP contribution in [0.4, 0.5) is 5.69 Å². The quantitative estimate of drug-likeness (QED) is 0.217. The van der Waals surface area contributed by atoms with Gasteiger partial charge in [-0.1, -0.05) is 54.6 Å². The molecule has 8 heteroatoms. The molecule has 3 aromatic carbocycles. The van der Waals surface area contributed by atoms with Crippen LogP contribution < -0.4 is 16.0 Å². The molecule has 0 atom stereocenters. The van der Waals surface area contributed by atoms with Gasteiger partial charge in [0.15, 0.2) is 0 Å². The molecular weight excluding hydrogens is 547 g/mol. The molecule has 0 unspecified atom stereocenters. The van der Waals surface area contributed by atoms with Crippen molar-refractivity contribution in [3.8, 4) is 42.2 Å². The Morgan fingerprint density at radius 2 is 1.51 bits per heavy atom. The van der Waals surface area contributed by atoms with Crippen LogP contribution in [0, 0.1) is 0 Å². The van der Waals surface area contributed by atoms with Crippen molar-refractivity contribution in [1.82, 2.24) is 15.3 Å². The summed E-state index contributed by atoms with van der Waals surface area (Å²) in [6.45, 7) is 5.98. The molecule has 0 amide bonds. The number of benzene rings is 3. The molecular formula is C33H33N5OS2. The topological polar surface area (TPSA) is 87.3 Å². The fraction of sp³-hybridized carbons (Fsp3) is 0.273. The molecule has 4 N–H and O–H groups in total. The van der Waals surface area contributed by atoms with Gasteiger partial charge in [0.25, 0.3) is 0 Å². The lowest BCUT2D eigenvalue weighted by Gasteiger charge is -2.49. The number of nitrogens with zero attached hydrogens (tertiary/aromatic N) is 3. The summed E-state index contributed by atoms with van der Waals surface area (Å²) in [6, 6.07) is 27.6. The van der Waals surface area contributed by atoms with E-state index in [0.29, 0.717) is 12.8 Å². The van der Waals surface area contributed by atoms with Gasteiger partial charge in [-0.05, 0) is 55.2 Å². The summed E-state index contributed by atoms with van der Waals surface area (Å²) in [7, 11) is 0. The molecule has 0 radical (unpaired) electrons. The SMILES string of the molecule is CC1(O)CC(N)(c2ccc(-c3nc(-c4cnc(-c5ccc(N6CCNCC6)cc5)s4)sc3-c3ccccc3)cc2)C1. The number of thiazole rings is 2. The summed E-state index contributed by atoms with van der Waals surface area (Å²) in [5, 5.41) is 15.6. The van der Waals surface area contributed by atoms with Gasteiger partial charge in [0, 0.05) is 54.7 Å². The highest BCUT2D eigenvalue weighted by atomic mass is 32.1. The van der Waals surface area contributed by atoms with Gasteiger partial charge < -0.3 is 21.1 Å². The maximum absolute atomic E-state index is 10.3. The first kappa shape index (κ1) is 26.5. The lowest BCUT2D eigenvalue weighted by molar-refractivity contribution is -0.0738. The third-order valence-corrected chi connectivity index (χ3v) is 10.4. The van der Waals surface area contributed by atoms with Gasteiger partial charge in [-0.25, -0.2) is 9.97 Å². The third-order valence-electron chi connectivity index (χ3n) is 8.10. The lowest BCUT2D eigenvalue weighted by atomic mass is 9.63. The summed E-state index contributed by atoms with van der Waals surface area (Å²) in [5.41, 5.74) is 12.1. The zero-order valence-corrected chi connectivity index (χ0v) is 24.6. The van der Waals surface area contributed by atoms with Crippen LogP contribution in [0.15, 0.2) is 85.1 Å². The number of nitrogens with one attached hydrogen (secondary N) is 1. The molecule has 0 bridgehead atoms. The van der Waals surface area contributed by atoms with E-state index >= 15 is 0 Å². The molecule has 0 spiro atoms. The van der Waals surface area contributed by atoms with E-state index in [2.05, 4.69) is 83.0 Å². The lowest BCUT2D eigenvalue weighted by Crippen LogP contribution is -2.58. The minimum absolute atomic E-state index is 0.472. The van der Waals surface area contributed by atoms with Gasteiger partial charge in [-0.3, -0.25) is 0 Å². The van der Waals surface area contributed by atoms with Crippen molar-refractivity contribution in [2.45, 2.75) is 30.9 Å². The Bertz CT molecular complexity index is 1640. The third kappa shape index (κ3) is 5.22. The van der Waals surface area contributed by atoms with Crippen molar-refractivity contribution in [2.75, 3.05) is 31.1 Å². The normalized spacial score (nSPS) is 22.5. The highest BCUT2D eigenvalue weighted by molar-refractivity contribution is 7.25. The molecule has 3 heterocycles. The van der Waals surface area contributed by atoms with Gasteiger partial charge in [-0.15, -0.1) is 22.7 Å². The van der Waals surface area contributed by atoms with Gasteiger partial charge in [0.05, 0.1) is 21.0 Å². The first-order chi connectivity index (χ1) is 19.9. The van der Waals surface area contributed by atoms with E-state index in [0.717, 1.165) is 73.9 Å². The van der Waals surface area contributed by atoms with Crippen molar-refractivity contribution in [3.05, 3.63) is 90.6 Å². The maximum atomic E-state index is 10.3. The number of aromatic nitrogens is 2. The molecule has 1 aliphatic carbocycles. The smallest absolute Gasteiger partial charge is 0.136 e. The number of aliphatic hydroxyl groups is 1. The molecule has 5 aromatic rings. The largest absolute Gasteiger partial charge is 0.390 e. The second-order valence-corrected chi connectivity index (χ2v) is 13.5. The van der Waals surface area contributed by atoms with Crippen LogP contribution in [0.2, 0.25) is 0 Å². The fourth-order valence-corrected chi connectivity index (χ4v) is 8.18. The minimum atomic E-state index is -0.682. The van der Waals surface area contributed by atoms with Crippen LogP contribution in [0.1, 0.15) is 25.3 Å². The van der Waals surface area contributed by atoms with Crippen molar-refractivity contribution >= 4 is 28.4 Å². The summed E-state index contributed by atoms with van der Waals surface area (Å²) >= 11 is 3.39. The molecule has 1 saturated heterocycles. The number of nitrogens with two attached hydrogens (primary N) is 1. The monoisotopic (exact) mass is 579 g/mol. The van der Waals surface area contributed by atoms with Crippen molar-refractivity contribution in [3.63, 3.8) is 0 Å². The Morgan fingerprint density at radius 1 is 0.829 bits per heavy atom. The van der Waals surface area contributed by atoms with Crippen LogP contribution in [-0.4, -0.2) is 46.9 Å². The van der Waals surface area contributed by atoms with E-state index < -0.39 is 11.1 Å². The maximum Gasteiger partial charge on any atom is 0.136 e. The van der Waals surface area contributed by atoms with Gasteiger partial charge in [-0.2, -0.15) is 0 Å². The molecule has 1 saturated carbocycles. The number of hydrogen-bond acceptors (Lipinski definition) is 8. The number of anilines is 1. The van der Waals surface area contributed by atoms with E-state index in [1.165, 1.54) is 5.69 Å². The highest BCUT2D eigenvalue weighted by Crippen LogP contribution is 2.47. The molecule has 41 heavy (non-hydrogen) atoms. The minimum Gasteiger partial charge on any atom is -0.390 e. The predicted octanol–water partition coefficient (Wildman–Crippen LogP) is 6.38. The molecule has 6 nitrogen and oxygen atoms in total. The molecule has 2 aliphatic rings. The zero-order chi connectivity index (χ0) is 28.0. The van der Waals surface area contributed by atoms with E-state index in [-0.39, 0.29) is 0 Å². The second kappa shape index (κ2) is 10.5. The van der Waals surface area contributed by atoms with E-state index in [9.17, 15) is 5.11 Å². The Kier molecular flexibility index (Phi) is 6.76. The molecule has 208 valence electrons. The van der Waals surface area contributed by atoms with Crippen LogP contribution in [0.25, 0.3) is 42.2 Å². The number of hydrogen-bond donors (Lipinski definition) is 3. The Hall–Kier alpha value is -3.40. The average Bonchev–Trinajstić information content (AvgIpc) is 3.66. The van der Waals surface area contributed by atoms with Crippen LogP contribution in [-0.2, 0) is 5.54 Å². The number of rotatable bonds is 6. The average molecular weight is 580 g/mol. The first-order valence-electron chi connectivity index (χ1n) is 14.1. The van der Waals surface area contributed by atoms with Crippen molar-refractivity contribution in [2.24, 2.45) is 5.73 Å². The zero-order valence-electron chi connectivity index (χ0n) is 23.0. The van der Waals surface area contributed by atoms with Crippen LogP contribution in [0.3, 0.4) is 0 Å². The van der Waals surface area contributed by atoms with Crippen LogP contribution >= 0.6 is 22.7 Å². The Labute approximate surface area is 248 Å². The highest BCUT2D eigenvalue weighted by Gasteiger charge is 2.49. The van der Waals surface area contributed by atoms with E-state index in [4.69, 9.17) is 15.7 Å². The Morgan fingerprint density at radius 3 is 2.20 bits per heavy atom. The van der Waals surface area contributed by atoms with Gasteiger partial charge in [0.2, 0.25) is 0 Å². The molecule has 7 rings (SSSR count). The van der Waals surface area contributed by atoms with Crippen molar-refractivity contribution < 1.29 is 5.11 Å². The Balaban J connectivity index is 1.19. The number of piperazine rings is 1. The second-order valence-electron chi connectivity index (χ2n) is 11.5. The van der Waals surface area contributed by atoms with E-state index in [1.807, 2.05) is 19.2 Å². The summed E-state index contributed by atoms with van der Waals surface area (Å²) in [6.07, 6.45) is 3.09. The van der Waals surface area contributed by atoms with Crippen LogP contribution in [0.5, 0.6) is 0 Å². The molecule has 1 aliphatic heterocycles. The van der Waals surface area contributed by atoms with E-state index in [1.54, 1.807) is 22.7 Å². The van der Waals surface area contributed by atoms with Crippen molar-refractivity contribution in [1.29, 1.82) is 0 Å². The standard InChI is InChI=1S/C33H33N5OS2/c1-32(39)20-33(34,21-32)25-11-7-22(8-12-25)28-29(23-5-3-2-4-6-23)41-31(37-28)27-19-36-30(40-27)24-9-13-26(14-10-24)38-17-15-35-16-18-38/h2-14,19,35,39H,15-18,20-21,34H2,1H3. The summed E-state index contributed by atoms with van der Waals surface area (Å²) in [5.74, 6) is 0. The predicted molar refractivity (Wildman–Crippen MR) is 170 cm³/mol. The summed E-state index contributed by atoms with van der Waals surface area (Å²) < 4.78 is 0. The fourth-order valence-electron chi connectivity index (χ4n) is 6.12. The van der Waals surface area contributed by atoms with Gasteiger partial charge >= 0.3 is 0 Å².